The number of rotatable bonds is 3. The van der Waals surface area contributed by atoms with Gasteiger partial charge < -0.3 is 25.0 Å². The summed E-state index contributed by atoms with van der Waals surface area (Å²) in [6.45, 7) is 4.41. The molecule has 1 aliphatic rings. The molecule has 1 aromatic rings. The molecule has 1 unspecified atom stereocenters. The number of carbonyl (C=O) groups is 1. The summed E-state index contributed by atoms with van der Waals surface area (Å²) < 4.78 is 51.3. The van der Waals surface area contributed by atoms with E-state index >= 15 is 0 Å². The number of carbonyl (C=O) groups excluding carboxylic acids is 1. The SMILES string of the molecule is CC(C)(C)OC(=O)N[C@H]1CC(CO)CO[C@]1(O)c1cc(F)c(F)cc1F. The number of ether oxygens (including phenoxy) is 2. The van der Waals surface area contributed by atoms with Crippen molar-refractivity contribution in [1.29, 1.82) is 0 Å². The first-order valence-corrected chi connectivity index (χ1v) is 8.08. The lowest BCUT2D eigenvalue weighted by atomic mass is 9.87. The number of hydrogen-bond donors (Lipinski definition) is 3. The van der Waals surface area contributed by atoms with Crippen LogP contribution in [0, 0.1) is 23.4 Å². The van der Waals surface area contributed by atoms with Crippen molar-refractivity contribution in [1.82, 2.24) is 5.32 Å². The van der Waals surface area contributed by atoms with E-state index in [0.29, 0.717) is 6.07 Å². The van der Waals surface area contributed by atoms with Crippen molar-refractivity contribution in [2.24, 2.45) is 5.92 Å². The monoisotopic (exact) mass is 377 g/mol. The molecule has 6 nitrogen and oxygen atoms in total. The number of halogens is 3. The lowest BCUT2D eigenvalue weighted by molar-refractivity contribution is -0.264. The van der Waals surface area contributed by atoms with E-state index in [0.717, 1.165) is 0 Å². The number of amides is 1. The second kappa shape index (κ2) is 7.42. The fraction of sp³-hybridized carbons (Fsp3) is 0.588. The van der Waals surface area contributed by atoms with E-state index in [4.69, 9.17) is 9.47 Å². The molecule has 0 bridgehead atoms. The van der Waals surface area contributed by atoms with Gasteiger partial charge in [-0.05, 0) is 33.3 Å². The molecule has 0 aromatic heterocycles. The molecule has 146 valence electrons. The summed E-state index contributed by atoms with van der Waals surface area (Å²) in [5, 5.41) is 22.5. The molecule has 1 fully saturated rings. The smallest absolute Gasteiger partial charge is 0.408 e. The van der Waals surface area contributed by atoms with Gasteiger partial charge in [0.25, 0.3) is 0 Å². The van der Waals surface area contributed by atoms with E-state index in [2.05, 4.69) is 5.32 Å². The molecule has 1 amide bonds. The number of aliphatic hydroxyl groups excluding tert-OH is 1. The van der Waals surface area contributed by atoms with Gasteiger partial charge in [-0.25, -0.2) is 18.0 Å². The van der Waals surface area contributed by atoms with Gasteiger partial charge in [-0.15, -0.1) is 0 Å². The first kappa shape index (κ1) is 20.5. The molecule has 0 saturated carbocycles. The topological polar surface area (TPSA) is 88.0 Å². The van der Waals surface area contributed by atoms with Crippen LogP contribution in [0.3, 0.4) is 0 Å². The van der Waals surface area contributed by atoms with E-state index in [1.165, 1.54) is 0 Å². The van der Waals surface area contributed by atoms with E-state index < -0.39 is 52.5 Å². The molecule has 26 heavy (non-hydrogen) atoms. The lowest BCUT2D eigenvalue weighted by Crippen LogP contribution is -2.58. The predicted molar refractivity (Wildman–Crippen MR) is 84.5 cm³/mol. The molecule has 0 spiro atoms. The van der Waals surface area contributed by atoms with Gasteiger partial charge in [0.15, 0.2) is 11.6 Å². The Bertz CT molecular complexity index is 679. The third kappa shape index (κ3) is 4.46. The molecule has 0 radical (unpaired) electrons. The largest absolute Gasteiger partial charge is 0.444 e. The molecular weight excluding hydrogens is 355 g/mol. The highest BCUT2D eigenvalue weighted by atomic mass is 19.2. The molecule has 1 aromatic carbocycles. The summed E-state index contributed by atoms with van der Waals surface area (Å²) in [5.74, 6) is -6.94. The van der Waals surface area contributed by atoms with Crippen LogP contribution in [0.2, 0.25) is 0 Å². The molecule has 1 saturated heterocycles. The van der Waals surface area contributed by atoms with Crippen LogP contribution in [0.4, 0.5) is 18.0 Å². The van der Waals surface area contributed by atoms with Gasteiger partial charge in [0.1, 0.15) is 11.4 Å². The number of hydrogen-bond acceptors (Lipinski definition) is 5. The Morgan fingerprint density at radius 2 is 1.92 bits per heavy atom. The van der Waals surface area contributed by atoms with Gasteiger partial charge in [0, 0.05) is 18.6 Å². The van der Waals surface area contributed by atoms with Crippen molar-refractivity contribution in [2.75, 3.05) is 13.2 Å². The first-order chi connectivity index (χ1) is 12.0. The van der Waals surface area contributed by atoms with E-state index in [9.17, 15) is 28.2 Å². The van der Waals surface area contributed by atoms with Gasteiger partial charge in [0.2, 0.25) is 5.79 Å². The second-order valence-corrected chi connectivity index (χ2v) is 7.24. The minimum atomic E-state index is -2.46. The maximum Gasteiger partial charge on any atom is 0.408 e. The fourth-order valence-electron chi connectivity index (χ4n) is 2.70. The van der Waals surface area contributed by atoms with Crippen LogP contribution in [0.25, 0.3) is 0 Å². The zero-order valence-corrected chi connectivity index (χ0v) is 14.7. The molecule has 0 aliphatic carbocycles. The minimum Gasteiger partial charge on any atom is -0.444 e. The zero-order valence-electron chi connectivity index (χ0n) is 14.7. The van der Waals surface area contributed by atoms with Gasteiger partial charge in [-0.2, -0.15) is 0 Å². The Labute approximate surface area is 148 Å². The van der Waals surface area contributed by atoms with E-state index in [-0.39, 0.29) is 25.7 Å². The molecule has 1 heterocycles. The van der Waals surface area contributed by atoms with Crippen LogP contribution in [-0.4, -0.2) is 41.2 Å². The third-order valence-corrected chi connectivity index (χ3v) is 3.93. The Hall–Kier alpha value is -1.84. The highest BCUT2D eigenvalue weighted by molar-refractivity contribution is 5.68. The van der Waals surface area contributed by atoms with Crippen LogP contribution >= 0.6 is 0 Å². The number of nitrogens with one attached hydrogen (secondary N) is 1. The van der Waals surface area contributed by atoms with Gasteiger partial charge in [-0.1, -0.05) is 0 Å². The fourth-order valence-corrected chi connectivity index (χ4v) is 2.70. The summed E-state index contributed by atoms with van der Waals surface area (Å²) in [5.41, 5.74) is -1.49. The van der Waals surface area contributed by atoms with Crippen LogP contribution in [0.15, 0.2) is 12.1 Å². The van der Waals surface area contributed by atoms with Crippen molar-refractivity contribution >= 4 is 6.09 Å². The van der Waals surface area contributed by atoms with E-state index in [1.54, 1.807) is 20.8 Å². The Kier molecular flexibility index (Phi) is 5.84. The summed E-state index contributed by atoms with van der Waals surface area (Å²) in [6.07, 6.45) is -0.906. The zero-order chi connectivity index (χ0) is 19.7. The van der Waals surface area contributed by atoms with Gasteiger partial charge >= 0.3 is 6.09 Å². The molecular formula is C17H22F3NO5. The first-order valence-electron chi connectivity index (χ1n) is 8.08. The van der Waals surface area contributed by atoms with Crippen LogP contribution in [0.1, 0.15) is 32.8 Å². The standard InChI is InChI=1S/C17H22F3NO5/c1-16(2,3)26-15(23)21-14-4-9(7-22)8-25-17(14,24)10-5-12(19)13(20)6-11(10)18/h5-6,9,14,22,24H,4,7-8H2,1-3H3,(H,21,23)/t9?,14-,17+/m0/s1. The maximum absolute atomic E-state index is 14.2. The molecule has 1 aliphatic heterocycles. The van der Waals surface area contributed by atoms with Crippen LogP contribution < -0.4 is 5.32 Å². The van der Waals surface area contributed by atoms with Crippen molar-refractivity contribution in [2.45, 2.75) is 44.6 Å². The molecule has 3 atom stereocenters. The summed E-state index contributed by atoms with van der Waals surface area (Å²) in [4.78, 5) is 12.1. The highest BCUT2D eigenvalue weighted by Gasteiger charge is 2.48. The Balaban J connectivity index is 2.36. The average molecular weight is 377 g/mol. The molecule has 9 heteroatoms. The third-order valence-electron chi connectivity index (χ3n) is 3.93. The highest BCUT2D eigenvalue weighted by Crippen LogP contribution is 2.37. The van der Waals surface area contributed by atoms with Gasteiger partial charge in [-0.3, -0.25) is 0 Å². The number of benzene rings is 1. The summed E-state index contributed by atoms with van der Waals surface area (Å²) >= 11 is 0. The Morgan fingerprint density at radius 1 is 1.31 bits per heavy atom. The normalized spacial score (nSPS) is 26.5. The summed E-state index contributed by atoms with van der Waals surface area (Å²) in [6, 6.07) is -0.495. The molecule has 2 rings (SSSR count). The maximum atomic E-state index is 14.2. The predicted octanol–water partition coefficient (Wildman–Crippen LogP) is 2.17. The average Bonchev–Trinajstić information content (AvgIpc) is 2.51. The van der Waals surface area contributed by atoms with Crippen molar-refractivity contribution in [3.8, 4) is 0 Å². The molecule has 3 N–H and O–H groups in total. The van der Waals surface area contributed by atoms with Crippen LogP contribution in [-0.2, 0) is 15.3 Å². The number of aliphatic hydroxyl groups is 2. The van der Waals surface area contributed by atoms with E-state index in [1.807, 2.05) is 0 Å². The van der Waals surface area contributed by atoms with Gasteiger partial charge in [0.05, 0.1) is 18.2 Å². The van der Waals surface area contributed by atoms with Crippen molar-refractivity contribution in [3.05, 3.63) is 35.1 Å². The van der Waals surface area contributed by atoms with Crippen molar-refractivity contribution < 1.29 is 37.7 Å². The quantitative estimate of drug-likeness (QED) is 0.703. The van der Waals surface area contributed by atoms with Crippen molar-refractivity contribution in [3.63, 3.8) is 0 Å². The minimum absolute atomic E-state index is 0.00464. The summed E-state index contributed by atoms with van der Waals surface area (Å²) in [7, 11) is 0. The Morgan fingerprint density at radius 3 is 2.50 bits per heavy atom. The lowest BCUT2D eigenvalue weighted by Gasteiger charge is -2.42. The number of alkyl carbamates (subject to hydrolysis) is 1. The van der Waals surface area contributed by atoms with Crippen LogP contribution in [0.5, 0.6) is 0 Å². The second-order valence-electron chi connectivity index (χ2n) is 7.24.